The summed E-state index contributed by atoms with van der Waals surface area (Å²) < 4.78 is 12.2. The van der Waals surface area contributed by atoms with Gasteiger partial charge in [-0.3, -0.25) is 5.32 Å². The van der Waals surface area contributed by atoms with Crippen molar-refractivity contribution in [3.8, 4) is 0 Å². The van der Waals surface area contributed by atoms with E-state index in [4.69, 9.17) is 9.47 Å². The number of amides is 2. The van der Waals surface area contributed by atoms with Crippen molar-refractivity contribution in [1.82, 2.24) is 4.90 Å². The van der Waals surface area contributed by atoms with E-state index in [0.29, 0.717) is 25.9 Å². The normalized spacial score (nSPS) is 19.3. The highest BCUT2D eigenvalue weighted by Gasteiger charge is 2.45. The van der Waals surface area contributed by atoms with Crippen molar-refractivity contribution >= 4 is 40.5 Å². The average Bonchev–Trinajstić information content (AvgIpc) is 2.47. The number of halogens is 1. The van der Waals surface area contributed by atoms with E-state index >= 15 is 0 Å². The fourth-order valence-corrected chi connectivity index (χ4v) is 3.61. The summed E-state index contributed by atoms with van der Waals surface area (Å²) in [7, 11) is 0. The number of rotatable bonds is 0. The van der Waals surface area contributed by atoms with Gasteiger partial charge in [-0.1, -0.05) is 0 Å². The number of carbonyl (C=O) groups excluding carboxylic acids is 2. The first-order valence-electron chi connectivity index (χ1n) is 7.96. The summed E-state index contributed by atoms with van der Waals surface area (Å²) in [6.45, 7) is 6.54. The zero-order valence-corrected chi connectivity index (χ0v) is 16.2. The van der Waals surface area contributed by atoms with Crippen molar-refractivity contribution in [3.05, 3.63) is 27.3 Å². The predicted octanol–water partition coefficient (Wildman–Crippen LogP) is 4.08. The molecule has 0 atom stereocenters. The van der Waals surface area contributed by atoms with Gasteiger partial charge in [0.15, 0.2) is 0 Å². The highest BCUT2D eigenvalue weighted by atomic mass is 127. The van der Waals surface area contributed by atoms with E-state index in [2.05, 4.69) is 27.9 Å². The second kappa shape index (κ2) is 6.09. The molecule has 6 nitrogen and oxygen atoms in total. The molecule has 1 aromatic carbocycles. The molecule has 0 unspecified atom stereocenters. The number of anilines is 1. The van der Waals surface area contributed by atoms with Gasteiger partial charge in [0.25, 0.3) is 0 Å². The van der Waals surface area contributed by atoms with E-state index in [1.807, 2.05) is 39.0 Å². The van der Waals surface area contributed by atoms with Crippen LogP contribution in [0.4, 0.5) is 15.3 Å². The molecule has 2 amide bonds. The Morgan fingerprint density at radius 2 is 2.00 bits per heavy atom. The maximum atomic E-state index is 12.2. The summed E-state index contributed by atoms with van der Waals surface area (Å²) in [6.07, 6.45) is 0.370. The smallest absolute Gasteiger partial charge is 0.412 e. The Bertz CT molecular complexity index is 676. The Morgan fingerprint density at radius 1 is 1.33 bits per heavy atom. The second-order valence-corrected chi connectivity index (χ2v) is 8.41. The fraction of sp³-hybridized carbons (Fsp3) is 0.529. The van der Waals surface area contributed by atoms with Gasteiger partial charge in [0.2, 0.25) is 0 Å². The number of nitrogens with zero attached hydrogens (tertiary/aromatic N) is 1. The largest absolute Gasteiger partial charge is 0.444 e. The van der Waals surface area contributed by atoms with Gasteiger partial charge < -0.3 is 14.4 Å². The number of ether oxygens (including phenoxy) is 2. The first kappa shape index (κ1) is 17.3. The molecule has 3 rings (SSSR count). The third-order valence-electron chi connectivity index (χ3n) is 4.22. The molecule has 7 heteroatoms. The molecule has 1 spiro atoms. The van der Waals surface area contributed by atoms with Gasteiger partial charge in [0.05, 0.1) is 5.69 Å². The topological polar surface area (TPSA) is 67.9 Å². The summed E-state index contributed by atoms with van der Waals surface area (Å²) in [5.41, 5.74) is 0.586. The Balaban J connectivity index is 1.79. The third kappa shape index (κ3) is 3.45. The predicted molar refractivity (Wildman–Crippen MR) is 98.0 cm³/mol. The molecule has 1 aromatic rings. The molecule has 0 radical (unpaired) electrons. The van der Waals surface area contributed by atoms with Crippen LogP contribution in [0.15, 0.2) is 18.2 Å². The molecular weight excluding hydrogens is 423 g/mol. The van der Waals surface area contributed by atoms with E-state index in [9.17, 15) is 9.59 Å². The minimum atomic E-state index is -0.669. The highest BCUT2D eigenvalue weighted by Crippen LogP contribution is 2.44. The Labute approximate surface area is 155 Å². The van der Waals surface area contributed by atoms with Crippen LogP contribution in [-0.2, 0) is 15.1 Å². The van der Waals surface area contributed by atoms with Gasteiger partial charge in [-0.25, -0.2) is 9.59 Å². The molecule has 1 N–H and O–H groups in total. The van der Waals surface area contributed by atoms with E-state index in [-0.39, 0.29) is 6.09 Å². The molecule has 2 aliphatic rings. The Morgan fingerprint density at radius 3 is 2.62 bits per heavy atom. The van der Waals surface area contributed by atoms with Crippen molar-refractivity contribution in [2.75, 3.05) is 18.4 Å². The lowest BCUT2D eigenvalue weighted by Gasteiger charge is -2.44. The lowest BCUT2D eigenvalue weighted by atomic mass is 9.82. The molecule has 0 aromatic heterocycles. The van der Waals surface area contributed by atoms with Crippen LogP contribution in [0.1, 0.15) is 39.2 Å². The van der Waals surface area contributed by atoms with Gasteiger partial charge in [0, 0.05) is 35.1 Å². The second-order valence-electron chi connectivity index (χ2n) is 7.17. The minimum absolute atomic E-state index is 0.319. The zero-order chi connectivity index (χ0) is 17.5. The summed E-state index contributed by atoms with van der Waals surface area (Å²) in [5, 5.41) is 2.75. The third-order valence-corrected chi connectivity index (χ3v) is 4.89. The van der Waals surface area contributed by atoms with Crippen molar-refractivity contribution in [3.63, 3.8) is 0 Å². The van der Waals surface area contributed by atoms with Crippen LogP contribution in [0.25, 0.3) is 0 Å². The minimum Gasteiger partial charge on any atom is -0.444 e. The number of hydrogen-bond donors (Lipinski definition) is 1. The van der Waals surface area contributed by atoms with Crippen LogP contribution in [0.2, 0.25) is 0 Å². The van der Waals surface area contributed by atoms with Crippen molar-refractivity contribution in [2.24, 2.45) is 0 Å². The zero-order valence-electron chi connectivity index (χ0n) is 14.0. The monoisotopic (exact) mass is 444 g/mol. The molecule has 0 bridgehead atoms. The Kier molecular flexibility index (Phi) is 4.39. The van der Waals surface area contributed by atoms with Crippen molar-refractivity contribution < 1.29 is 19.1 Å². The molecule has 130 valence electrons. The van der Waals surface area contributed by atoms with Gasteiger partial charge in [0.1, 0.15) is 11.2 Å². The Hall–Kier alpha value is -1.51. The number of likely N-dealkylation sites (tertiary alicyclic amines) is 1. The molecule has 0 saturated carbocycles. The van der Waals surface area contributed by atoms with Gasteiger partial charge in [-0.15, -0.1) is 0 Å². The molecule has 1 fully saturated rings. The molecule has 2 heterocycles. The van der Waals surface area contributed by atoms with E-state index in [1.165, 1.54) is 0 Å². The first-order chi connectivity index (χ1) is 11.2. The summed E-state index contributed by atoms with van der Waals surface area (Å²) in [5.74, 6) is 0. The van der Waals surface area contributed by atoms with Gasteiger partial charge in [-0.05, 0) is 61.6 Å². The summed E-state index contributed by atoms with van der Waals surface area (Å²) in [6, 6.07) is 5.90. The lowest BCUT2D eigenvalue weighted by Crippen LogP contribution is -2.50. The fourth-order valence-electron chi connectivity index (χ4n) is 3.12. The quantitative estimate of drug-likeness (QED) is 0.613. The van der Waals surface area contributed by atoms with Crippen LogP contribution in [0.3, 0.4) is 0 Å². The van der Waals surface area contributed by atoms with Crippen LogP contribution in [0, 0.1) is 3.57 Å². The molecule has 2 aliphatic heterocycles. The number of nitrogens with one attached hydrogen (secondary N) is 1. The van der Waals surface area contributed by atoms with E-state index in [1.54, 1.807) is 4.90 Å². The maximum absolute atomic E-state index is 12.2. The number of fused-ring (bicyclic) bond motifs is 2. The van der Waals surface area contributed by atoms with Crippen molar-refractivity contribution in [1.29, 1.82) is 0 Å². The standard InChI is InChI=1S/C17H21IN2O4/c1-16(2,3)24-15(22)20-8-6-17(7-9-20)12-10-11(18)4-5-13(12)19-14(21)23-17/h4-5,10H,6-9H2,1-3H3,(H,19,21). The van der Waals surface area contributed by atoms with Crippen LogP contribution in [0.5, 0.6) is 0 Å². The number of piperidine rings is 1. The van der Waals surface area contributed by atoms with Gasteiger partial charge >= 0.3 is 12.2 Å². The molecule has 0 aliphatic carbocycles. The molecule has 1 saturated heterocycles. The number of carbonyl (C=O) groups is 2. The maximum Gasteiger partial charge on any atom is 0.412 e. The van der Waals surface area contributed by atoms with Gasteiger partial charge in [-0.2, -0.15) is 0 Å². The number of hydrogen-bond acceptors (Lipinski definition) is 4. The SMILES string of the molecule is CC(C)(C)OC(=O)N1CCC2(CC1)OC(=O)Nc1ccc(I)cc12. The first-order valence-corrected chi connectivity index (χ1v) is 9.04. The van der Waals surface area contributed by atoms with Crippen LogP contribution >= 0.6 is 22.6 Å². The van der Waals surface area contributed by atoms with E-state index in [0.717, 1.165) is 14.8 Å². The summed E-state index contributed by atoms with van der Waals surface area (Å²) >= 11 is 2.25. The van der Waals surface area contributed by atoms with Crippen LogP contribution in [-0.4, -0.2) is 35.8 Å². The average molecular weight is 444 g/mol. The summed E-state index contributed by atoms with van der Waals surface area (Å²) in [4.78, 5) is 25.9. The van der Waals surface area contributed by atoms with Crippen LogP contribution < -0.4 is 5.32 Å². The molecule has 24 heavy (non-hydrogen) atoms. The van der Waals surface area contributed by atoms with Crippen molar-refractivity contribution in [2.45, 2.75) is 44.8 Å². The van der Waals surface area contributed by atoms with E-state index < -0.39 is 17.3 Å². The highest BCUT2D eigenvalue weighted by molar-refractivity contribution is 14.1. The molecular formula is C17H21IN2O4. The lowest BCUT2D eigenvalue weighted by molar-refractivity contribution is -0.0439. The number of benzene rings is 1.